The van der Waals surface area contributed by atoms with Crippen molar-refractivity contribution in [1.29, 1.82) is 0 Å². The van der Waals surface area contributed by atoms with Gasteiger partial charge in [0.1, 0.15) is 16.2 Å². The number of nitrogens with one attached hydrogen (secondary N) is 1. The largest absolute Gasteiger partial charge is 0.366 e. The predicted molar refractivity (Wildman–Crippen MR) is 77.6 cm³/mol. The molecule has 2 rings (SSSR count). The van der Waals surface area contributed by atoms with Crippen molar-refractivity contribution in [2.45, 2.75) is 26.8 Å². The van der Waals surface area contributed by atoms with Crippen LogP contribution >= 0.6 is 15.9 Å². The third-order valence-electron chi connectivity index (χ3n) is 2.78. The summed E-state index contributed by atoms with van der Waals surface area (Å²) in [6.07, 6.45) is 0.832. The Labute approximate surface area is 116 Å². The molecule has 0 atom stereocenters. The quantitative estimate of drug-likeness (QED) is 0.875. The Kier molecular flexibility index (Phi) is 4.31. The number of benzene rings is 1. The summed E-state index contributed by atoms with van der Waals surface area (Å²) in [5.41, 5.74) is 2.57. The van der Waals surface area contributed by atoms with Gasteiger partial charge in [0, 0.05) is 19.0 Å². The van der Waals surface area contributed by atoms with Crippen molar-refractivity contribution in [2.75, 3.05) is 5.32 Å². The van der Waals surface area contributed by atoms with Gasteiger partial charge in [-0.05, 0) is 34.0 Å². The first kappa shape index (κ1) is 13.0. The van der Waals surface area contributed by atoms with Gasteiger partial charge in [-0.2, -0.15) is 0 Å². The van der Waals surface area contributed by atoms with Crippen molar-refractivity contribution < 1.29 is 0 Å². The van der Waals surface area contributed by atoms with E-state index < -0.39 is 0 Å². The molecule has 0 spiro atoms. The molecule has 0 saturated heterocycles. The first-order valence-electron chi connectivity index (χ1n) is 6.01. The topological polar surface area (TPSA) is 37.8 Å². The highest BCUT2D eigenvalue weighted by Crippen LogP contribution is 2.14. The van der Waals surface area contributed by atoms with Crippen molar-refractivity contribution in [2.24, 2.45) is 0 Å². The molecule has 1 aromatic carbocycles. The van der Waals surface area contributed by atoms with Crippen LogP contribution in [0.3, 0.4) is 0 Å². The number of aryl methyl sites for hydroxylation is 2. The van der Waals surface area contributed by atoms with E-state index in [9.17, 15) is 0 Å². The molecule has 1 aromatic heterocycles. The molecule has 1 N–H and O–H groups in total. The lowest BCUT2D eigenvalue weighted by Gasteiger charge is -2.09. The monoisotopic (exact) mass is 305 g/mol. The van der Waals surface area contributed by atoms with Gasteiger partial charge in [-0.3, -0.25) is 0 Å². The average molecular weight is 306 g/mol. The fourth-order valence-corrected chi connectivity index (χ4v) is 2.13. The smallest absolute Gasteiger partial charge is 0.131 e. The maximum absolute atomic E-state index is 4.44. The summed E-state index contributed by atoms with van der Waals surface area (Å²) in [5, 5.41) is 3.34. The fourth-order valence-electron chi connectivity index (χ4n) is 1.71. The zero-order chi connectivity index (χ0) is 13.0. The maximum atomic E-state index is 4.44. The van der Waals surface area contributed by atoms with Crippen LogP contribution in [0.4, 0.5) is 5.82 Å². The summed E-state index contributed by atoms with van der Waals surface area (Å²) in [4.78, 5) is 8.74. The lowest BCUT2D eigenvalue weighted by Crippen LogP contribution is -2.05. The molecule has 0 aliphatic rings. The molecule has 94 valence electrons. The Balaban J connectivity index is 2.11. The van der Waals surface area contributed by atoms with E-state index in [1.807, 2.05) is 13.0 Å². The number of hydrogen-bond donors (Lipinski definition) is 1. The van der Waals surface area contributed by atoms with Crippen molar-refractivity contribution in [1.82, 2.24) is 9.97 Å². The van der Waals surface area contributed by atoms with Gasteiger partial charge in [0.2, 0.25) is 0 Å². The van der Waals surface area contributed by atoms with Crippen LogP contribution in [0, 0.1) is 6.92 Å². The van der Waals surface area contributed by atoms with Crippen LogP contribution in [0.25, 0.3) is 0 Å². The number of halogens is 1. The second-order valence-electron chi connectivity index (χ2n) is 4.13. The van der Waals surface area contributed by atoms with Gasteiger partial charge < -0.3 is 5.32 Å². The van der Waals surface area contributed by atoms with Crippen LogP contribution in [0.1, 0.15) is 23.9 Å². The molecule has 1 heterocycles. The fraction of sp³-hybridized carbons (Fsp3) is 0.286. The number of hydrogen-bond acceptors (Lipinski definition) is 3. The minimum atomic E-state index is 0.777. The second-order valence-corrected chi connectivity index (χ2v) is 4.94. The van der Waals surface area contributed by atoms with E-state index in [4.69, 9.17) is 0 Å². The third-order valence-corrected chi connectivity index (χ3v) is 3.18. The number of anilines is 1. The van der Waals surface area contributed by atoms with E-state index in [0.717, 1.165) is 29.2 Å². The summed E-state index contributed by atoms with van der Waals surface area (Å²) < 4.78 is 0.821. The van der Waals surface area contributed by atoms with Gasteiger partial charge >= 0.3 is 0 Å². The molecule has 0 aliphatic carbocycles. The summed E-state index contributed by atoms with van der Waals surface area (Å²) in [5.74, 6) is 1.70. The molecule has 0 amide bonds. The second kappa shape index (κ2) is 5.96. The third kappa shape index (κ3) is 3.29. The highest BCUT2D eigenvalue weighted by Gasteiger charge is 2.02. The first-order valence-corrected chi connectivity index (χ1v) is 6.80. The molecular weight excluding hydrogens is 290 g/mol. The average Bonchev–Trinajstić information content (AvgIpc) is 2.37. The molecule has 4 heteroatoms. The van der Waals surface area contributed by atoms with Crippen molar-refractivity contribution in [3.63, 3.8) is 0 Å². The van der Waals surface area contributed by atoms with Crippen molar-refractivity contribution in [3.8, 4) is 0 Å². The van der Waals surface area contributed by atoms with Crippen molar-refractivity contribution >= 4 is 21.7 Å². The standard InChI is InChI=1S/C14H16BrN3/c1-3-13-17-12(15)8-14(18-13)16-9-11-7-5-4-6-10(11)2/h4-8H,3,9H2,1-2H3,(H,16,17,18). The van der Waals surface area contributed by atoms with Gasteiger partial charge in [0.25, 0.3) is 0 Å². The molecule has 0 unspecified atom stereocenters. The Hall–Kier alpha value is -1.42. The molecule has 3 nitrogen and oxygen atoms in total. The molecule has 0 aliphatic heterocycles. The maximum Gasteiger partial charge on any atom is 0.131 e. The summed E-state index contributed by atoms with van der Waals surface area (Å²) in [7, 11) is 0. The summed E-state index contributed by atoms with van der Waals surface area (Å²) >= 11 is 3.40. The van der Waals surface area contributed by atoms with E-state index in [2.05, 4.69) is 62.4 Å². The summed E-state index contributed by atoms with van der Waals surface area (Å²) in [6.45, 7) is 4.94. The van der Waals surface area contributed by atoms with Crippen LogP contribution in [0.15, 0.2) is 34.9 Å². The lowest BCUT2D eigenvalue weighted by molar-refractivity contribution is 0.921. The van der Waals surface area contributed by atoms with Gasteiger partial charge in [-0.15, -0.1) is 0 Å². The Morgan fingerprint density at radius 1 is 1.22 bits per heavy atom. The number of rotatable bonds is 4. The van der Waals surface area contributed by atoms with Crippen LogP contribution < -0.4 is 5.32 Å². The SMILES string of the molecule is CCc1nc(Br)cc(NCc2ccccc2C)n1. The van der Waals surface area contributed by atoms with E-state index in [1.165, 1.54) is 11.1 Å². The highest BCUT2D eigenvalue weighted by molar-refractivity contribution is 9.10. The predicted octanol–water partition coefficient (Wildman–Crippen LogP) is 3.72. The Morgan fingerprint density at radius 3 is 2.72 bits per heavy atom. The molecule has 18 heavy (non-hydrogen) atoms. The van der Waals surface area contributed by atoms with Crippen LogP contribution in [-0.4, -0.2) is 9.97 Å². The number of nitrogens with zero attached hydrogens (tertiary/aromatic N) is 2. The van der Waals surface area contributed by atoms with Gasteiger partial charge in [-0.25, -0.2) is 9.97 Å². The van der Waals surface area contributed by atoms with Gasteiger partial charge in [-0.1, -0.05) is 31.2 Å². The van der Waals surface area contributed by atoms with E-state index in [-0.39, 0.29) is 0 Å². The molecule has 2 aromatic rings. The Morgan fingerprint density at radius 2 is 2.00 bits per heavy atom. The molecule has 0 bridgehead atoms. The minimum absolute atomic E-state index is 0.777. The molecule has 0 radical (unpaired) electrons. The molecular formula is C14H16BrN3. The number of aromatic nitrogens is 2. The Bertz CT molecular complexity index is 540. The van der Waals surface area contributed by atoms with E-state index >= 15 is 0 Å². The van der Waals surface area contributed by atoms with Gasteiger partial charge in [0.05, 0.1) is 0 Å². The normalized spacial score (nSPS) is 10.4. The van der Waals surface area contributed by atoms with Crippen LogP contribution in [-0.2, 0) is 13.0 Å². The zero-order valence-corrected chi connectivity index (χ0v) is 12.2. The first-order chi connectivity index (χ1) is 8.69. The van der Waals surface area contributed by atoms with E-state index in [1.54, 1.807) is 0 Å². The van der Waals surface area contributed by atoms with Crippen molar-refractivity contribution in [3.05, 3.63) is 51.9 Å². The zero-order valence-electron chi connectivity index (χ0n) is 10.6. The van der Waals surface area contributed by atoms with Crippen LogP contribution in [0.2, 0.25) is 0 Å². The summed E-state index contributed by atoms with van der Waals surface area (Å²) in [6, 6.07) is 10.2. The lowest BCUT2D eigenvalue weighted by atomic mass is 10.1. The molecule has 0 saturated carbocycles. The highest BCUT2D eigenvalue weighted by atomic mass is 79.9. The molecule has 0 fully saturated rings. The van der Waals surface area contributed by atoms with E-state index in [0.29, 0.717) is 0 Å². The van der Waals surface area contributed by atoms with Crippen LogP contribution in [0.5, 0.6) is 0 Å². The van der Waals surface area contributed by atoms with Gasteiger partial charge in [0.15, 0.2) is 0 Å². The minimum Gasteiger partial charge on any atom is -0.366 e.